The molecular formula is C16H16ClFN2O2. The summed E-state index contributed by atoms with van der Waals surface area (Å²) >= 11 is 5.68. The minimum Gasteiger partial charge on any atom is -0.495 e. The van der Waals surface area contributed by atoms with Crippen LogP contribution in [0.4, 0.5) is 15.8 Å². The summed E-state index contributed by atoms with van der Waals surface area (Å²) in [7, 11) is 1.53. The maximum absolute atomic E-state index is 13.7. The molecule has 0 bridgehead atoms. The van der Waals surface area contributed by atoms with Crippen LogP contribution in [0.2, 0.25) is 5.02 Å². The van der Waals surface area contributed by atoms with Gasteiger partial charge in [0.15, 0.2) is 5.82 Å². The highest BCUT2D eigenvalue weighted by molar-refractivity contribution is 6.31. The average Bonchev–Trinajstić information content (AvgIpc) is 2.49. The number of amides is 1. The van der Waals surface area contributed by atoms with Gasteiger partial charge in [0.2, 0.25) is 5.91 Å². The summed E-state index contributed by atoms with van der Waals surface area (Å²) in [5.74, 6) is -0.332. The van der Waals surface area contributed by atoms with Crippen molar-refractivity contribution in [3.05, 3.63) is 52.8 Å². The van der Waals surface area contributed by atoms with Crippen LogP contribution in [0.25, 0.3) is 0 Å². The highest BCUT2D eigenvalue weighted by atomic mass is 35.5. The van der Waals surface area contributed by atoms with Crippen LogP contribution in [0.1, 0.15) is 5.56 Å². The number of carbonyl (C=O) groups is 1. The van der Waals surface area contributed by atoms with Crippen LogP contribution in [0.3, 0.4) is 0 Å². The SMILES string of the molecule is COc1ccc(C)cc1NC(=O)CNc1cccc(Cl)c1F. The molecule has 0 unspecified atom stereocenters. The van der Waals surface area contributed by atoms with Crippen molar-refractivity contribution in [2.75, 3.05) is 24.3 Å². The highest BCUT2D eigenvalue weighted by Gasteiger charge is 2.10. The Kier molecular flexibility index (Phi) is 5.22. The summed E-state index contributed by atoms with van der Waals surface area (Å²) in [6, 6.07) is 10.0. The van der Waals surface area contributed by atoms with Crippen LogP contribution in [0.5, 0.6) is 5.75 Å². The van der Waals surface area contributed by atoms with Crippen molar-refractivity contribution < 1.29 is 13.9 Å². The van der Waals surface area contributed by atoms with Crippen molar-refractivity contribution in [2.24, 2.45) is 0 Å². The minimum absolute atomic E-state index is 0.00533. The molecule has 6 heteroatoms. The van der Waals surface area contributed by atoms with E-state index in [9.17, 15) is 9.18 Å². The minimum atomic E-state index is -0.579. The van der Waals surface area contributed by atoms with E-state index in [0.29, 0.717) is 11.4 Å². The van der Waals surface area contributed by atoms with E-state index in [1.807, 2.05) is 13.0 Å². The quantitative estimate of drug-likeness (QED) is 0.879. The van der Waals surface area contributed by atoms with Gasteiger partial charge in [-0.2, -0.15) is 0 Å². The van der Waals surface area contributed by atoms with Gasteiger partial charge in [-0.1, -0.05) is 23.7 Å². The lowest BCUT2D eigenvalue weighted by atomic mass is 10.2. The first-order valence-corrected chi connectivity index (χ1v) is 7.01. The number of hydrogen-bond donors (Lipinski definition) is 2. The fraction of sp³-hybridized carbons (Fsp3) is 0.188. The first-order valence-electron chi connectivity index (χ1n) is 6.63. The number of carbonyl (C=O) groups excluding carboxylic acids is 1. The predicted octanol–water partition coefficient (Wildman–Crippen LogP) is 3.85. The van der Waals surface area contributed by atoms with E-state index in [2.05, 4.69) is 10.6 Å². The van der Waals surface area contributed by atoms with Crippen molar-refractivity contribution in [2.45, 2.75) is 6.92 Å². The number of methoxy groups -OCH3 is 1. The standard InChI is InChI=1S/C16H16ClFN2O2/c1-10-6-7-14(22-2)13(8-10)20-15(21)9-19-12-5-3-4-11(17)16(12)18/h3-8,19H,9H2,1-2H3,(H,20,21). The van der Waals surface area contributed by atoms with Gasteiger partial charge in [-0.3, -0.25) is 4.79 Å². The zero-order valence-electron chi connectivity index (χ0n) is 12.2. The number of aryl methyl sites for hydroxylation is 1. The Hall–Kier alpha value is -2.27. The van der Waals surface area contributed by atoms with Crippen molar-refractivity contribution in [3.8, 4) is 5.75 Å². The fourth-order valence-electron chi connectivity index (χ4n) is 1.93. The predicted molar refractivity (Wildman–Crippen MR) is 86.3 cm³/mol. The van der Waals surface area contributed by atoms with Crippen LogP contribution < -0.4 is 15.4 Å². The van der Waals surface area contributed by atoms with Gasteiger partial charge in [0.1, 0.15) is 5.75 Å². The Balaban J connectivity index is 2.02. The third-order valence-corrected chi connectivity index (χ3v) is 3.31. The Bertz CT molecular complexity index is 692. The Morgan fingerprint density at radius 2 is 2.05 bits per heavy atom. The molecule has 4 nitrogen and oxygen atoms in total. The Morgan fingerprint density at radius 1 is 1.27 bits per heavy atom. The van der Waals surface area contributed by atoms with Gasteiger partial charge in [0.25, 0.3) is 0 Å². The van der Waals surface area contributed by atoms with Crippen LogP contribution in [0, 0.1) is 12.7 Å². The molecule has 1 amide bonds. The van der Waals surface area contributed by atoms with Gasteiger partial charge in [0.05, 0.1) is 30.1 Å². The second kappa shape index (κ2) is 7.13. The van der Waals surface area contributed by atoms with Gasteiger partial charge >= 0.3 is 0 Å². The number of benzene rings is 2. The van der Waals surface area contributed by atoms with Gasteiger partial charge < -0.3 is 15.4 Å². The maximum Gasteiger partial charge on any atom is 0.243 e. The van der Waals surface area contributed by atoms with E-state index in [0.717, 1.165) is 5.56 Å². The number of rotatable bonds is 5. The van der Waals surface area contributed by atoms with Crippen molar-refractivity contribution in [1.82, 2.24) is 0 Å². The van der Waals surface area contributed by atoms with Gasteiger partial charge in [-0.15, -0.1) is 0 Å². The molecule has 22 heavy (non-hydrogen) atoms. The zero-order valence-corrected chi connectivity index (χ0v) is 13.0. The fourth-order valence-corrected chi connectivity index (χ4v) is 2.10. The number of hydrogen-bond acceptors (Lipinski definition) is 3. The van der Waals surface area contributed by atoms with E-state index >= 15 is 0 Å². The first kappa shape index (κ1) is 16.1. The number of ether oxygens (including phenoxy) is 1. The van der Waals surface area contributed by atoms with E-state index in [4.69, 9.17) is 16.3 Å². The molecule has 0 spiro atoms. The molecule has 0 saturated carbocycles. The lowest BCUT2D eigenvalue weighted by molar-refractivity contribution is -0.114. The first-order chi connectivity index (χ1) is 10.5. The topological polar surface area (TPSA) is 50.4 Å². The maximum atomic E-state index is 13.7. The molecule has 0 radical (unpaired) electrons. The van der Waals surface area contributed by atoms with Crippen LogP contribution in [-0.4, -0.2) is 19.6 Å². The molecule has 0 saturated heterocycles. The molecule has 2 N–H and O–H groups in total. The van der Waals surface area contributed by atoms with Gasteiger partial charge in [-0.25, -0.2) is 4.39 Å². The molecule has 0 aliphatic rings. The monoisotopic (exact) mass is 322 g/mol. The summed E-state index contributed by atoms with van der Waals surface area (Å²) in [6.07, 6.45) is 0. The van der Waals surface area contributed by atoms with Crippen molar-refractivity contribution in [3.63, 3.8) is 0 Å². The van der Waals surface area contributed by atoms with Crippen molar-refractivity contribution >= 4 is 28.9 Å². The number of anilines is 2. The summed E-state index contributed by atoms with van der Waals surface area (Å²) < 4.78 is 18.9. The van der Waals surface area contributed by atoms with Gasteiger partial charge in [0, 0.05) is 0 Å². The molecule has 0 fully saturated rings. The molecule has 0 atom stereocenters. The summed E-state index contributed by atoms with van der Waals surface area (Å²) in [5.41, 5.74) is 1.74. The van der Waals surface area contributed by atoms with E-state index < -0.39 is 5.82 Å². The smallest absolute Gasteiger partial charge is 0.243 e. The lowest BCUT2D eigenvalue weighted by Gasteiger charge is -2.12. The normalized spacial score (nSPS) is 10.2. The lowest BCUT2D eigenvalue weighted by Crippen LogP contribution is -2.22. The van der Waals surface area contributed by atoms with Crippen LogP contribution in [0.15, 0.2) is 36.4 Å². The second-order valence-electron chi connectivity index (χ2n) is 4.71. The average molecular weight is 323 g/mol. The zero-order chi connectivity index (χ0) is 16.1. The Morgan fingerprint density at radius 3 is 2.77 bits per heavy atom. The third-order valence-electron chi connectivity index (χ3n) is 3.02. The molecule has 0 aromatic heterocycles. The molecule has 2 aromatic rings. The molecule has 0 aliphatic carbocycles. The van der Waals surface area contributed by atoms with E-state index in [-0.39, 0.29) is 23.2 Å². The van der Waals surface area contributed by atoms with Crippen molar-refractivity contribution in [1.29, 1.82) is 0 Å². The second-order valence-corrected chi connectivity index (χ2v) is 5.11. The largest absolute Gasteiger partial charge is 0.495 e. The number of halogens is 2. The molecule has 0 heterocycles. The van der Waals surface area contributed by atoms with E-state index in [1.165, 1.54) is 19.2 Å². The number of nitrogens with one attached hydrogen (secondary N) is 2. The molecule has 2 rings (SSSR count). The van der Waals surface area contributed by atoms with Crippen LogP contribution in [-0.2, 0) is 4.79 Å². The Labute approximate surface area is 133 Å². The summed E-state index contributed by atoms with van der Waals surface area (Å²) in [6.45, 7) is 1.82. The highest BCUT2D eigenvalue weighted by Crippen LogP contribution is 2.25. The molecule has 2 aromatic carbocycles. The third kappa shape index (κ3) is 3.89. The molecular weight excluding hydrogens is 307 g/mol. The van der Waals surface area contributed by atoms with E-state index in [1.54, 1.807) is 18.2 Å². The van der Waals surface area contributed by atoms with Gasteiger partial charge in [-0.05, 0) is 36.8 Å². The summed E-state index contributed by atoms with van der Waals surface area (Å²) in [4.78, 5) is 12.0. The molecule has 116 valence electrons. The molecule has 0 aliphatic heterocycles. The van der Waals surface area contributed by atoms with Crippen LogP contribution >= 0.6 is 11.6 Å². The summed E-state index contributed by atoms with van der Waals surface area (Å²) in [5, 5.41) is 5.44.